The molecule has 150 valence electrons. The van der Waals surface area contributed by atoms with Crippen LogP contribution in [0.2, 0.25) is 0 Å². The van der Waals surface area contributed by atoms with Crippen molar-refractivity contribution in [3.05, 3.63) is 65.5 Å². The number of hydrazine groups is 1. The largest absolute Gasteiger partial charge is 0.484 e. The van der Waals surface area contributed by atoms with Gasteiger partial charge in [-0.15, -0.1) is 0 Å². The topological polar surface area (TPSA) is 70.7 Å². The Labute approximate surface area is 168 Å². The van der Waals surface area contributed by atoms with Crippen LogP contribution in [0.3, 0.4) is 0 Å². The predicted octanol–water partition coefficient (Wildman–Crippen LogP) is 2.37. The first-order chi connectivity index (χ1) is 14.0. The number of para-hydroxylation sites is 1. The lowest BCUT2D eigenvalue weighted by molar-refractivity contribution is -0.133. The van der Waals surface area contributed by atoms with Crippen molar-refractivity contribution >= 4 is 11.7 Å². The summed E-state index contributed by atoms with van der Waals surface area (Å²) in [5.74, 6) is 0.315. The molecule has 0 aromatic heterocycles. The zero-order valence-electron chi connectivity index (χ0n) is 15.9. The SMILES string of the molecule is O=C1CC2(CCN(C(=O)C3CC(c4ccccc4F)NN3)C2)Oc2ccccc21. The zero-order valence-corrected chi connectivity index (χ0v) is 15.9. The van der Waals surface area contributed by atoms with E-state index in [0.29, 0.717) is 42.8 Å². The molecule has 3 aliphatic heterocycles. The van der Waals surface area contributed by atoms with Gasteiger partial charge in [0.25, 0.3) is 0 Å². The summed E-state index contributed by atoms with van der Waals surface area (Å²) in [5, 5.41) is 0. The summed E-state index contributed by atoms with van der Waals surface area (Å²) >= 11 is 0. The van der Waals surface area contributed by atoms with Crippen LogP contribution in [0.15, 0.2) is 48.5 Å². The number of likely N-dealkylation sites (tertiary alicyclic amines) is 1. The molecule has 1 spiro atoms. The maximum absolute atomic E-state index is 14.1. The van der Waals surface area contributed by atoms with Crippen molar-refractivity contribution in [1.82, 2.24) is 15.8 Å². The number of Topliss-reactive ketones (excluding diaryl/α,β-unsaturated/α-hetero) is 1. The highest BCUT2D eigenvalue weighted by Gasteiger charge is 2.48. The highest BCUT2D eigenvalue weighted by Crippen LogP contribution is 2.39. The summed E-state index contributed by atoms with van der Waals surface area (Å²) in [6.07, 6.45) is 1.36. The molecular formula is C22H22FN3O3. The van der Waals surface area contributed by atoms with Crippen molar-refractivity contribution in [3.63, 3.8) is 0 Å². The second-order valence-electron chi connectivity index (χ2n) is 8.04. The fourth-order valence-electron chi connectivity index (χ4n) is 4.60. The maximum atomic E-state index is 14.1. The smallest absolute Gasteiger partial charge is 0.241 e. The third kappa shape index (κ3) is 3.20. The van der Waals surface area contributed by atoms with E-state index in [1.165, 1.54) is 6.07 Å². The molecule has 1 amide bonds. The molecule has 2 N–H and O–H groups in total. The Morgan fingerprint density at radius 3 is 2.79 bits per heavy atom. The van der Waals surface area contributed by atoms with Crippen LogP contribution in [-0.2, 0) is 4.79 Å². The van der Waals surface area contributed by atoms with Crippen molar-refractivity contribution in [1.29, 1.82) is 0 Å². The Hall–Kier alpha value is -2.77. The minimum Gasteiger partial charge on any atom is -0.484 e. The predicted molar refractivity (Wildman–Crippen MR) is 104 cm³/mol. The number of amides is 1. The third-order valence-corrected chi connectivity index (χ3v) is 6.11. The monoisotopic (exact) mass is 395 g/mol. The number of ketones is 1. The highest BCUT2D eigenvalue weighted by atomic mass is 19.1. The van der Waals surface area contributed by atoms with Gasteiger partial charge in [0, 0.05) is 18.5 Å². The first-order valence-electron chi connectivity index (χ1n) is 9.90. The summed E-state index contributed by atoms with van der Waals surface area (Å²) in [4.78, 5) is 27.4. The van der Waals surface area contributed by atoms with Crippen LogP contribution in [0.5, 0.6) is 5.75 Å². The Bertz CT molecular complexity index is 981. The lowest BCUT2D eigenvalue weighted by atomic mass is 9.89. The van der Waals surface area contributed by atoms with Crippen LogP contribution in [0, 0.1) is 5.82 Å². The maximum Gasteiger partial charge on any atom is 0.241 e. The average molecular weight is 395 g/mol. The fraction of sp³-hybridized carbons (Fsp3) is 0.364. The molecule has 29 heavy (non-hydrogen) atoms. The number of nitrogens with zero attached hydrogens (tertiary/aromatic N) is 1. The van der Waals surface area contributed by atoms with Crippen LogP contribution in [0.4, 0.5) is 4.39 Å². The third-order valence-electron chi connectivity index (χ3n) is 6.11. The molecule has 6 nitrogen and oxygen atoms in total. The minimum atomic E-state index is -0.655. The lowest BCUT2D eigenvalue weighted by Gasteiger charge is -2.34. The lowest BCUT2D eigenvalue weighted by Crippen LogP contribution is -2.49. The molecule has 5 rings (SSSR count). The van der Waals surface area contributed by atoms with Crippen molar-refractivity contribution < 1.29 is 18.7 Å². The molecular weight excluding hydrogens is 373 g/mol. The molecule has 3 heterocycles. The Morgan fingerprint density at radius 1 is 1.14 bits per heavy atom. The van der Waals surface area contributed by atoms with Gasteiger partial charge in [-0.1, -0.05) is 30.3 Å². The van der Waals surface area contributed by atoms with E-state index in [1.54, 1.807) is 35.2 Å². The number of carbonyl (C=O) groups excluding carboxylic acids is 2. The van der Waals surface area contributed by atoms with Gasteiger partial charge in [-0.05, 0) is 24.6 Å². The van der Waals surface area contributed by atoms with E-state index >= 15 is 0 Å². The van der Waals surface area contributed by atoms with Crippen molar-refractivity contribution in [3.8, 4) is 5.75 Å². The number of hydrogen-bond donors (Lipinski definition) is 2. The Kier molecular flexibility index (Phi) is 4.37. The van der Waals surface area contributed by atoms with Gasteiger partial charge in [0.15, 0.2) is 5.78 Å². The average Bonchev–Trinajstić information content (AvgIpc) is 3.36. The summed E-state index contributed by atoms with van der Waals surface area (Å²) in [6, 6.07) is 13.1. The van der Waals surface area contributed by atoms with Gasteiger partial charge in [0.2, 0.25) is 5.91 Å². The number of rotatable bonds is 2. The quantitative estimate of drug-likeness (QED) is 0.817. The molecule has 0 saturated carbocycles. The van der Waals surface area contributed by atoms with Gasteiger partial charge in [-0.25, -0.2) is 15.2 Å². The summed E-state index contributed by atoms with van der Waals surface area (Å²) in [5.41, 5.74) is 6.55. The van der Waals surface area contributed by atoms with E-state index in [9.17, 15) is 14.0 Å². The second kappa shape index (κ2) is 6.93. The molecule has 2 aromatic rings. The van der Waals surface area contributed by atoms with Crippen molar-refractivity contribution in [2.75, 3.05) is 13.1 Å². The molecule has 3 aliphatic rings. The number of benzene rings is 2. The van der Waals surface area contributed by atoms with Gasteiger partial charge >= 0.3 is 0 Å². The molecule has 2 saturated heterocycles. The van der Waals surface area contributed by atoms with E-state index in [2.05, 4.69) is 10.9 Å². The van der Waals surface area contributed by atoms with Crippen LogP contribution < -0.4 is 15.6 Å². The number of carbonyl (C=O) groups is 2. The molecule has 0 aliphatic carbocycles. The second-order valence-corrected chi connectivity index (χ2v) is 8.04. The number of ether oxygens (including phenoxy) is 1. The van der Waals surface area contributed by atoms with E-state index < -0.39 is 11.6 Å². The van der Waals surface area contributed by atoms with Crippen LogP contribution in [0.25, 0.3) is 0 Å². The zero-order chi connectivity index (χ0) is 20.0. The van der Waals surface area contributed by atoms with Gasteiger partial charge in [-0.3, -0.25) is 9.59 Å². The molecule has 2 aromatic carbocycles. The molecule has 3 atom stereocenters. The first kappa shape index (κ1) is 18.3. The van der Waals surface area contributed by atoms with E-state index in [4.69, 9.17) is 4.74 Å². The summed E-state index contributed by atoms with van der Waals surface area (Å²) in [6.45, 7) is 0.922. The number of fused-ring (bicyclic) bond motifs is 1. The number of nitrogens with one attached hydrogen (secondary N) is 2. The summed E-state index contributed by atoms with van der Waals surface area (Å²) in [7, 11) is 0. The molecule has 3 unspecified atom stereocenters. The van der Waals surface area contributed by atoms with Crippen LogP contribution in [-0.4, -0.2) is 41.3 Å². The van der Waals surface area contributed by atoms with Gasteiger partial charge in [0.1, 0.15) is 23.2 Å². The van der Waals surface area contributed by atoms with Crippen LogP contribution >= 0.6 is 0 Å². The molecule has 0 bridgehead atoms. The van der Waals surface area contributed by atoms with E-state index in [1.807, 2.05) is 12.1 Å². The number of hydrogen-bond acceptors (Lipinski definition) is 5. The van der Waals surface area contributed by atoms with Crippen LogP contribution in [0.1, 0.15) is 41.2 Å². The molecule has 7 heteroatoms. The fourth-order valence-corrected chi connectivity index (χ4v) is 4.60. The standard InChI is InChI=1S/C22H22FN3O3/c23-16-7-3-1-5-14(16)17-11-18(25-24-17)21(28)26-10-9-22(13-26)12-19(27)15-6-2-4-8-20(15)29-22/h1-8,17-18,24-25H,9-13H2. The van der Waals surface area contributed by atoms with Gasteiger partial charge in [-0.2, -0.15) is 0 Å². The van der Waals surface area contributed by atoms with E-state index in [-0.39, 0.29) is 30.0 Å². The Morgan fingerprint density at radius 2 is 1.93 bits per heavy atom. The summed E-state index contributed by atoms with van der Waals surface area (Å²) < 4.78 is 20.3. The van der Waals surface area contributed by atoms with Gasteiger partial charge in [0.05, 0.1) is 24.6 Å². The van der Waals surface area contributed by atoms with Crippen molar-refractivity contribution in [2.24, 2.45) is 0 Å². The van der Waals surface area contributed by atoms with E-state index in [0.717, 1.165) is 0 Å². The Balaban J connectivity index is 1.27. The molecule has 0 radical (unpaired) electrons. The van der Waals surface area contributed by atoms with Crippen molar-refractivity contribution in [2.45, 2.75) is 36.9 Å². The number of halogens is 1. The van der Waals surface area contributed by atoms with Gasteiger partial charge < -0.3 is 9.64 Å². The highest BCUT2D eigenvalue weighted by molar-refractivity contribution is 6.00. The minimum absolute atomic E-state index is 0.0527. The normalized spacial score (nSPS) is 28.4. The molecule has 2 fully saturated rings. The first-order valence-corrected chi connectivity index (χ1v) is 9.90.